The molecule has 0 spiro atoms. The minimum atomic E-state index is 1.08. The molecule has 0 heterocycles. The smallest absolute Gasteiger partial charge is 0.0151 e. The number of hydrogen-bond donors (Lipinski definition) is 1. The second kappa shape index (κ2) is 6.74. The average molecular weight is 225 g/mol. The molecule has 0 aromatic heterocycles. The van der Waals surface area contributed by atoms with E-state index in [9.17, 15) is 0 Å². The molecular weight excluding hydrogens is 206 g/mol. The lowest BCUT2D eigenvalue weighted by Gasteiger charge is -2.14. The van der Waals surface area contributed by atoms with Crippen molar-refractivity contribution in [1.29, 1.82) is 0 Å². The third-order valence-electron chi connectivity index (χ3n) is 2.79. The van der Waals surface area contributed by atoms with Gasteiger partial charge in [-0.2, -0.15) is 0 Å². The quantitative estimate of drug-likeness (QED) is 0.744. The van der Waals surface area contributed by atoms with Crippen LogP contribution in [0, 0.1) is 0 Å². The van der Waals surface area contributed by atoms with Crippen molar-refractivity contribution in [3.8, 4) is 0 Å². The molecule has 0 saturated carbocycles. The first kappa shape index (κ1) is 11.7. The number of rotatable bonds is 2. The molecule has 88 valence electrons. The molecule has 1 N–H and O–H groups in total. The highest BCUT2D eigenvalue weighted by Gasteiger charge is 2.00. The van der Waals surface area contributed by atoms with Gasteiger partial charge in [0.1, 0.15) is 0 Å². The van der Waals surface area contributed by atoms with Crippen molar-refractivity contribution >= 4 is 0 Å². The monoisotopic (exact) mass is 225 g/mol. The molecule has 0 saturated heterocycles. The van der Waals surface area contributed by atoms with Gasteiger partial charge in [-0.3, -0.25) is 0 Å². The maximum absolute atomic E-state index is 3.55. The summed E-state index contributed by atoms with van der Waals surface area (Å²) in [6, 6.07) is 0. The topological polar surface area (TPSA) is 12.0 Å². The van der Waals surface area contributed by atoms with Crippen molar-refractivity contribution in [3.05, 3.63) is 72.2 Å². The van der Waals surface area contributed by atoms with Gasteiger partial charge in [0.25, 0.3) is 0 Å². The van der Waals surface area contributed by atoms with Gasteiger partial charge in [-0.25, -0.2) is 0 Å². The van der Waals surface area contributed by atoms with Gasteiger partial charge in [0.2, 0.25) is 0 Å². The first-order valence-electron chi connectivity index (χ1n) is 6.27. The molecular formula is C16H19N. The number of hydrogen-bond acceptors (Lipinski definition) is 1. The third kappa shape index (κ3) is 4.31. The van der Waals surface area contributed by atoms with Crippen molar-refractivity contribution in [2.24, 2.45) is 0 Å². The molecule has 0 bridgehead atoms. The third-order valence-corrected chi connectivity index (χ3v) is 2.79. The molecule has 0 aromatic rings. The summed E-state index contributed by atoms with van der Waals surface area (Å²) in [6.07, 6.45) is 25.7. The van der Waals surface area contributed by atoms with Crippen LogP contribution in [0.15, 0.2) is 72.2 Å². The van der Waals surface area contributed by atoms with Crippen LogP contribution in [0.1, 0.15) is 25.7 Å². The van der Waals surface area contributed by atoms with Gasteiger partial charge in [0.05, 0.1) is 0 Å². The Morgan fingerprint density at radius 1 is 0.647 bits per heavy atom. The molecule has 2 aliphatic rings. The minimum absolute atomic E-state index is 1.08. The number of nitrogens with one attached hydrogen (secondary N) is 1. The zero-order chi connectivity index (χ0) is 11.8. The van der Waals surface area contributed by atoms with Crippen LogP contribution in [0.4, 0.5) is 0 Å². The van der Waals surface area contributed by atoms with E-state index in [0.29, 0.717) is 0 Å². The molecule has 2 rings (SSSR count). The Morgan fingerprint density at radius 3 is 1.71 bits per heavy atom. The Morgan fingerprint density at radius 2 is 1.18 bits per heavy atom. The summed E-state index contributed by atoms with van der Waals surface area (Å²) in [4.78, 5) is 0. The molecule has 0 fully saturated rings. The summed E-state index contributed by atoms with van der Waals surface area (Å²) in [7, 11) is 0. The van der Waals surface area contributed by atoms with Crippen LogP contribution in [0.3, 0.4) is 0 Å². The van der Waals surface area contributed by atoms with Crippen LogP contribution in [-0.4, -0.2) is 0 Å². The molecule has 0 radical (unpaired) electrons. The van der Waals surface area contributed by atoms with Crippen molar-refractivity contribution in [2.75, 3.05) is 0 Å². The fourth-order valence-corrected chi connectivity index (χ4v) is 1.88. The summed E-state index contributed by atoms with van der Waals surface area (Å²) in [5.41, 5.74) is 2.60. The molecule has 0 unspecified atom stereocenters. The molecule has 2 aliphatic carbocycles. The highest BCUT2D eigenvalue weighted by Crippen LogP contribution is 2.12. The van der Waals surface area contributed by atoms with Crippen LogP contribution in [0.2, 0.25) is 0 Å². The summed E-state index contributed by atoms with van der Waals surface area (Å²) >= 11 is 0. The zero-order valence-corrected chi connectivity index (χ0v) is 10.1. The van der Waals surface area contributed by atoms with E-state index in [1.165, 1.54) is 11.4 Å². The molecule has 0 atom stereocenters. The van der Waals surface area contributed by atoms with E-state index < -0.39 is 0 Å². The zero-order valence-electron chi connectivity index (χ0n) is 10.1. The van der Waals surface area contributed by atoms with E-state index >= 15 is 0 Å². The second-order valence-electron chi connectivity index (χ2n) is 4.21. The van der Waals surface area contributed by atoms with E-state index in [4.69, 9.17) is 0 Å². The van der Waals surface area contributed by atoms with Gasteiger partial charge in [-0.1, -0.05) is 48.6 Å². The largest absolute Gasteiger partial charge is 0.362 e. The first-order valence-corrected chi connectivity index (χ1v) is 6.27. The minimum Gasteiger partial charge on any atom is -0.362 e. The Kier molecular flexibility index (Phi) is 4.65. The summed E-state index contributed by atoms with van der Waals surface area (Å²) in [5.74, 6) is 0. The second-order valence-corrected chi connectivity index (χ2v) is 4.21. The summed E-state index contributed by atoms with van der Waals surface area (Å²) in [5, 5.41) is 3.55. The number of allylic oxidation sites excluding steroid dienone is 12. The fraction of sp³-hybridized carbons (Fsp3) is 0.250. The first-order chi connectivity index (χ1) is 8.45. The van der Waals surface area contributed by atoms with Crippen LogP contribution in [0.25, 0.3) is 0 Å². The Balaban J connectivity index is 2.00. The lowest BCUT2D eigenvalue weighted by atomic mass is 10.1. The van der Waals surface area contributed by atoms with Crippen molar-refractivity contribution in [1.82, 2.24) is 5.32 Å². The highest BCUT2D eigenvalue weighted by molar-refractivity contribution is 5.25. The van der Waals surface area contributed by atoms with E-state index in [0.717, 1.165) is 25.7 Å². The molecule has 17 heavy (non-hydrogen) atoms. The molecule has 0 aromatic carbocycles. The summed E-state index contributed by atoms with van der Waals surface area (Å²) in [6.45, 7) is 0. The fourth-order valence-electron chi connectivity index (χ4n) is 1.88. The highest BCUT2D eigenvalue weighted by atomic mass is 14.9. The van der Waals surface area contributed by atoms with Gasteiger partial charge >= 0.3 is 0 Å². The van der Waals surface area contributed by atoms with Gasteiger partial charge in [-0.15, -0.1) is 0 Å². The van der Waals surface area contributed by atoms with E-state index in [2.05, 4.69) is 66.1 Å². The molecule has 1 heteroatoms. The molecule has 1 nitrogen and oxygen atoms in total. The van der Waals surface area contributed by atoms with Crippen LogP contribution in [-0.2, 0) is 0 Å². The molecule has 0 aliphatic heterocycles. The maximum Gasteiger partial charge on any atom is 0.0151 e. The predicted molar refractivity (Wildman–Crippen MR) is 74.3 cm³/mol. The van der Waals surface area contributed by atoms with Crippen LogP contribution >= 0.6 is 0 Å². The van der Waals surface area contributed by atoms with E-state index in [-0.39, 0.29) is 0 Å². The van der Waals surface area contributed by atoms with Gasteiger partial charge < -0.3 is 5.32 Å². The SMILES string of the molecule is C1=CC=C(NC2=CC=CC=CCC2)CCC=C1. The Hall–Kier alpha value is -1.76. The van der Waals surface area contributed by atoms with Crippen molar-refractivity contribution < 1.29 is 0 Å². The van der Waals surface area contributed by atoms with Gasteiger partial charge in [0.15, 0.2) is 0 Å². The van der Waals surface area contributed by atoms with Crippen molar-refractivity contribution in [3.63, 3.8) is 0 Å². The standard InChI is InChI=1S/C16H19N/c1-3-7-11-15(12-8-4-1)17-16-13-9-5-2-6-10-14-16/h1-7,9,11,13,17H,8,10,12,14H2. The van der Waals surface area contributed by atoms with Crippen LogP contribution < -0.4 is 5.32 Å². The Labute approximate surface area is 104 Å². The van der Waals surface area contributed by atoms with Crippen LogP contribution in [0.5, 0.6) is 0 Å². The lowest BCUT2D eigenvalue weighted by molar-refractivity contribution is 0.792. The van der Waals surface area contributed by atoms with Gasteiger partial charge in [-0.05, 0) is 37.8 Å². The molecule has 0 amide bonds. The van der Waals surface area contributed by atoms with E-state index in [1.54, 1.807) is 0 Å². The van der Waals surface area contributed by atoms with Crippen molar-refractivity contribution in [2.45, 2.75) is 25.7 Å². The normalized spacial score (nSPS) is 19.8. The lowest BCUT2D eigenvalue weighted by Crippen LogP contribution is -2.13. The average Bonchev–Trinajstić information content (AvgIpc) is 2.24. The maximum atomic E-state index is 3.55. The predicted octanol–water partition coefficient (Wildman–Crippen LogP) is 4.16. The summed E-state index contributed by atoms with van der Waals surface area (Å²) < 4.78 is 0. The Bertz CT molecular complexity index is 377. The van der Waals surface area contributed by atoms with Gasteiger partial charge in [0, 0.05) is 11.4 Å². The van der Waals surface area contributed by atoms with E-state index in [1.807, 2.05) is 0 Å².